The number of rotatable bonds is 8. The van der Waals surface area contributed by atoms with E-state index in [4.69, 9.17) is 8.94 Å². The molecule has 0 saturated carbocycles. The predicted molar refractivity (Wildman–Crippen MR) is 109 cm³/mol. The normalized spacial score (nSPS) is 11.3. The fourth-order valence-corrected chi connectivity index (χ4v) is 3.59. The number of aromatic nitrogens is 5. The van der Waals surface area contributed by atoms with E-state index in [0.717, 1.165) is 11.7 Å². The van der Waals surface area contributed by atoms with Crippen molar-refractivity contribution in [3.8, 4) is 23.0 Å². The van der Waals surface area contributed by atoms with Gasteiger partial charge in [0, 0.05) is 24.2 Å². The van der Waals surface area contributed by atoms with E-state index in [0.29, 0.717) is 40.5 Å². The van der Waals surface area contributed by atoms with E-state index in [-0.39, 0.29) is 5.69 Å². The van der Waals surface area contributed by atoms with E-state index in [1.807, 2.05) is 16.7 Å². The number of benzene rings is 1. The van der Waals surface area contributed by atoms with Gasteiger partial charge >= 0.3 is 0 Å². The monoisotopic (exact) mass is 426 g/mol. The van der Waals surface area contributed by atoms with E-state index in [2.05, 4.69) is 34.2 Å². The molecule has 4 aromatic rings. The highest BCUT2D eigenvalue weighted by atomic mass is 32.2. The number of furan rings is 1. The smallest absolute Gasteiger partial charge is 0.269 e. The summed E-state index contributed by atoms with van der Waals surface area (Å²) in [5, 5.41) is 24.0. The van der Waals surface area contributed by atoms with Gasteiger partial charge in [-0.15, -0.1) is 10.2 Å². The third-order valence-electron chi connectivity index (χ3n) is 4.14. The first-order valence-electron chi connectivity index (χ1n) is 9.18. The van der Waals surface area contributed by atoms with Crippen molar-refractivity contribution in [2.45, 2.75) is 31.3 Å². The van der Waals surface area contributed by atoms with Crippen LogP contribution >= 0.6 is 11.8 Å². The molecule has 0 aliphatic rings. The lowest BCUT2D eigenvalue weighted by molar-refractivity contribution is -0.384. The van der Waals surface area contributed by atoms with Crippen molar-refractivity contribution in [2.24, 2.45) is 5.92 Å². The average Bonchev–Trinajstić information content (AvgIpc) is 3.47. The standard InChI is InChI=1S/C19H18N6O4S/c1-12(2)10-24-18(15-4-3-9-28-15)21-22-19(24)30-11-16-20-17(23-29-16)13-5-7-14(8-6-13)25(26)27/h3-9,12H,10-11H2,1-2H3. The molecule has 0 N–H and O–H groups in total. The van der Waals surface area contributed by atoms with Gasteiger partial charge in [-0.25, -0.2) is 0 Å². The minimum Gasteiger partial charge on any atom is -0.461 e. The Morgan fingerprint density at radius 2 is 2.00 bits per heavy atom. The Morgan fingerprint density at radius 3 is 2.67 bits per heavy atom. The molecule has 0 saturated heterocycles. The Bertz CT molecular complexity index is 1130. The highest BCUT2D eigenvalue weighted by Crippen LogP contribution is 2.28. The summed E-state index contributed by atoms with van der Waals surface area (Å²) >= 11 is 1.44. The van der Waals surface area contributed by atoms with Crippen LogP contribution in [0.25, 0.3) is 23.0 Å². The van der Waals surface area contributed by atoms with Crippen molar-refractivity contribution >= 4 is 17.4 Å². The lowest BCUT2D eigenvalue weighted by atomic mass is 10.2. The summed E-state index contributed by atoms with van der Waals surface area (Å²) in [5.41, 5.74) is 0.651. The molecule has 0 amide bonds. The second kappa shape index (κ2) is 8.49. The van der Waals surface area contributed by atoms with Crippen LogP contribution in [0.4, 0.5) is 5.69 Å². The Kier molecular flexibility index (Phi) is 5.61. The Hall–Kier alpha value is -3.47. The van der Waals surface area contributed by atoms with Crippen LogP contribution in [-0.4, -0.2) is 29.8 Å². The van der Waals surface area contributed by atoms with Crippen LogP contribution in [0.1, 0.15) is 19.7 Å². The highest BCUT2D eigenvalue weighted by molar-refractivity contribution is 7.98. The van der Waals surface area contributed by atoms with Crippen molar-refractivity contribution in [3.63, 3.8) is 0 Å². The zero-order valence-electron chi connectivity index (χ0n) is 16.3. The third kappa shape index (κ3) is 4.25. The molecule has 11 heteroatoms. The van der Waals surface area contributed by atoms with Gasteiger partial charge in [-0.05, 0) is 30.2 Å². The van der Waals surface area contributed by atoms with Crippen LogP contribution in [0.3, 0.4) is 0 Å². The molecule has 0 aliphatic heterocycles. The van der Waals surface area contributed by atoms with Crippen LogP contribution in [0, 0.1) is 16.0 Å². The Morgan fingerprint density at radius 1 is 1.20 bits per heavy atom. The minimum atomic E-state index is -0.452. The lowest BCUT2D eigenvalue weighted by Gasteiger charge is -2.10. The summed E-state index contributed by atoms with van der Waals surface area (Å²) in [5.74, 6) is 2.94. The Balaban J connectivity index is 1.49. The molecule has 0 radical (unpaired) electrons. The van der Waals surface area contributed by atoms with E-state index in [9.17, 15) is 10.1 Å². The first kappa shape index (κ1) is 19.8. The summed E-state index contributed by atoms with van der Waals surface area (Å²) < 4.78 is 12.8. The minimum absolute atomic E-state index is 0.00914. The maximum atomic E-state index is 10.8. The molecule has 0 fully saturated rings. The van der Waals surface area contributed by atoms with Crippen LogP contribution in [0.5, 0.6) is 0 Å². The van der Waals surface area contributed by atoms with E-state index in [1.165, 1.54) is 23.9 Å². The molecule has 30 heavy (non-hydrogen) atoms. The van der Waals surface area contributed by atoms with Gasteiger partial charge in [-0.1, -0.05) is 30.8 Å². The molecule has 0 spiro atoms. The number of hydrogen-bond donors (Lipinski definition) is 0. The van der Waals surface area contributed by atoms with E-state index < -0.39 is 4.92 Å². The van der Waals surface area contributed by atoms with Gasteiger partial charge in [0.1, 0.15) is 0 Å². The molecule has 1 aromatic carbocycles. The van der Waals surface area contributed by atoms with Crippen LogP contribution in [-0.2, 0) is 12.3 Å². The maximum absolute atomic E-state index is 10.8. The van der Waals surface area contributed by atoms with E-state index >= 15 is 0 Å². The van der Waals surface area contributed by atoms with Gasteiger partial charge in [0.05, 0.1) is 16.9 Å². The molecular formula is C19H18N6O4S. The number of thioether (sulfide) groups is 1. The van der Waals surface area contributed by atoms with Crippen molar-refractivity contribution < 1.29 is 13.9 Å². The zero-order valence-corrected chi connectivity index (χ0v) is 17.1. The van der Waals surface area contributed by atoms with Crippen LogP contribution in [0.2, 0.25) is 0 Å². The lowest BCUT2D eigenvalue weighted by Crippen LogP contribution is -2.07. The van der Waals surface area contributed by atoms with Gasteiger partial charge < -0.3 is 8.94 Å². The predicted octanol–water partition coefficient (Wildman–Crippen LogP) is 4.44. The molecule has 0 bridgehead atoms. The number of hydrogen-bond acceptors (Lipinski definition) is 9. The van der Waals surface area contributed by atoms with Crippen molar-refractivity contribution in [1.82, 2.24) is 24.9 Å². The Labute approximate surface area is 175 Å². The molecule has 3 heterocycles. The summed E-state index contributed by atoms with van der Waals surface area (Å²) in [7, 11) is 0. The van der Waals surface area contributed by atoms with Gasteiger partial charge in [-0.2, -0.15) is 4.98 Å². The van der Waals surface area contributed by atoms with Gasteiger partial charge in [0.25, 0.3) is 5.69 Å². The average molecular weight is 426 g/mol. The molecular weight excluding hydrogens is 408 g/mol. The van der Waals surface area contributed by atoms with Crippen molar-refractivity contribution in [1.29, 1.82) is 0 Å². The fourth-order valence-electron chi connectivity index (χ4n) is 2.80. The molecule has 0 unspecified atom stereocenters. The zero-order chi connectivity index (χ0) is 21.1. The van der Waals surface area contributed by atoms with Gasteiger partial charge in [0.2, 0.25) is 11.7 Å². The van der Waals surface area contributed by atoms with Crippen LogP contribution in [0.15, 0.2) is 56.8 Å². The summed E-state index contributed by atoms with van der Waals surface area (Å²) in [6.45, 7) is 4.98. The number of nitro groups is 1. The second-order valence-electron chi connectivity index (χ2n) is 6.89. The summed E-state index contributed by atoms with van der Waals surface area (Å²) in [4.78, 5) is 14.7. The molecule has 0 atom stereocenters. The number of nitrogens with zero attached hydrogens (tertiary/aromatic N) is 6. The fraction of sp³-hybridized carbons (Fsp3) is 0.263. The number of non-ortho nitro benzene ring substituents is 1. The van der Waals surface area contributed by atoms with Gasteiger partial charge in [-0.3, -0.25) is 14.7 Å². The van der Waals surface area contributed by atoms with Gasteiger partial charge in [0.15, 0.2) is 16.7 Å². The topological polar surface area (TPSA) is 126 Å². The number of nitro benzene ring substituents is 1. The summed E-state index contributed by atoms with van der Waals surface area (Å²) in [6.07, 6.45) is 1.61. The van der Waals surface area contributed by atoms with E-state index in [1.54, 1.807) is 18.4 Å². The first-order valence-corrected chi connectivity index (χ1v) is 10.2. The van der Waals surface area contributed by atoms with Crippen molar-refractivity contribution in [3.05, 3.63) is 58.7 Å². The third-order valence-corrected chi connectivity index (χ3v) is 5.09. The quantitative estimate of drug-likeness (QED) is 0.228. The summed E-state index contributed by atoms with van der Waals surface area (Å²) in [6, 6.07) is 9.66. The highest BCUT2D eigenvalue weighted by Gasteiger charge is 2.19. The van der Waals surface area contributed by atoms with Crippen molar-refractivity contribution in [2.75, 3.05) is 0 Å². The molecule has 3 aromatic heterocycles. The second-order valence-corrected chi connectivity index (χ2v) is 7.83. The molecule has 10 nitrogen and oxygen atoms in total. The largest absolute Gasteiger partial charge is 0.461 e. The molecule has 154 valence electrons. The molecule has 4 rings (SSSR count). The molecule has 0 aliphatic carbocycles. The first-order chi connectivity index (χ1) is 14.5. The SMILES string of the molecule is CC(C)Cn1c(SCc2nc(-c3ccc([N+](=O)[O-])cc3)no2)nnc1-c1ccco1. The van der Waals surface area contributed by atoms with Crippen LogP contribution < -0.4 is 0 Å². The maximum Gasteiger partial charge on any atom is 0.269 e.